The van der Waals surface area contributed by atoms with Crippen LogP contribution >= 0.6 is 46.1 Å². The van der Waals surface area contributed by atoms with Gasteiger partial charge in [-0.2, -0.15) is 0 Å². The van der Waals surface area contributed by atoms with Crippen LogP contribution in [0.5, 0.6) is 11.5 Å². The number of ether oxygens (including phenoxy) is 3. The summed E-state index contributed by atoms with van der Waals surface area (Å²) in [6.45, 7) is 3.89. The molecule has 42 heavy (non-hydrogen) atoms. The SMILES string of the molecule is CCOC(=O)C1=C(C)N=c2s/c(=C\c3ccc(OCc4ccc(Cl)cc4Cl)c(OC)c3)c(=O)n2[C@H]1c1ccc(Cl)cc1. The number of carbonyl (C=O) groups excluding carboxylic acids is 1. The second-order valence-corrected chi connectivity index (χ2v) is 11.6. The van der Waals surface area contributed by atoms with Crippen LogP contribution in [-0.2, 0) is 16.1 Å². The number of rotatable bonds is 8. The van der Waals surface area contributed by atoms with Gasteiger partial charge in [-0.1, -0.05) is 70.4 Å². The summed E-state index contributed by atoms with van der Waals surface area (Å²) in [4.78, 5) is 32.0. The second-order valence-electron chi connectivity index (χ2n) is 9.29. The Balaban J connectivity index is 1.53. The van der Waals surface area contributed by atoms with E-state index in [1.165, 1.54) is 15.9 Å². The molecule has 1 atom stereocenters. The molecule has 7 nitrogen and oxygen atoms in total. The Morgan fingerprint density at radius 2 is 1.76 bits per heavy atom. The predicted molar refractivity (Wildman–Crippen MR) is 166 cm³/mol. The normalized spacial score (nSPS) is 14.8. The van der Waals surface area contributed by atoms with Crippen molar-refractivity contribution in [1.29, 1.82) is 0 Å². The molecule has 0 bridgehead atoms. The average molecular weight is 644 g/mol. The third kappa shape index (κ3) is 6.13. The van der Waals surface area contributed by atoms with Crippen LogP contribution in [0.15, 0.2) is 81.7 Å². The molecule has 2 heterocycles. The van der Waals surface area contributed by atoms with Crippen molar-refractivity contribution in [2.24, 2.45) is 4.99 Å². The Bertz CT molecular complexity index is 1880. The van der Waals surface area contributed by atoms with Gasteiger partial charge in [-0.05, 0) is 67.4 Å². The summed E-state index contributed by atoms with van der Waals surface area (Å²) in [7, 11) is 1.54. The lowest BCUT2D eigenvalue weighted by molar-refractivity contribution is -0.139. The van der Waals surface area contributed by atoms with Gasteiger partial charge in [-0.15, -0.1) is 0 Å². The number of aromatic nitrogens is 1. The number of esters is 1. The first-order chi connectivity index (χ1) is 20.2. The summed E-state index contributed by atoms with van der Waals surface area (Å²) in [6.07, 6.45) is 1.76. The Morgan fingerprint density at radius 3 is 2.45 bits per heavy atom. The van der Waals surface area contributed by atoms with Crippen molar-refractivity contribution >= 4 is 58.2 Å². The van der Waals surface area contributed by atoms with E-state index < -0.39 is 12.0 Å². The first-order valence-electron chi connectivity index (χ1n) is 12.9. The zero-order valence-electron chi connectivity index (χ0n) is 22.8. The number of hydrogen-bond acceptors (Lipinski definition) is 7. The van der Waals surface area contributed by atoms with Crippen molar-refractivity contribution in [1.82, 2.24) is 4.57 Å². The average Bonchev–Trinajstić information content (AvgIpc) is 3.26. The number of hydrogen-bond donors (Lipinski definition) is 0. The summed E-state index contributed by atoms with van der Waals surface area (Å²) in [5.41, 5.74) is 2.73. The maximum atomic E-state index is 13.8. The number of thiazole rings is 1. The minimum Gasteiger partial charge on any atom is -0.493 e. The fraction of sp³-hybridized carbons (Fsp3) is 0.194. The van der Waals surface area contributed by atoms with E-state index in [1.807, 2.05) is 6.07 Å². The number of allylic oxidation sites excluding steroid dienone is 1. The molecule has 11 heteroatoms. The lowest BCUT2D eigenvalue weighted by atomic mass is 9.96. The van der Waals surface area contributed by atoms with E-state index in [2.05, 4.69) is 4.99 Å². The molecule has 1 aliphatic heterocycles. The molecular formula is C31H25Cl3N2O5S. The first-order valence-corrected chi connectivity index (χ1v) is 14.8. The van der Waals surface area contributed by atoms with Crippen LogP contribution in [0.1, 0.15) is 36.6 Å². The number of fused-ring (bicyclic) bond motifs is 1. The van der Waals surface area contributed by atoms with Gasteiger partial charge in [0.05, 0.1) is 35.6 Å². The lowest BCUT2D eigenvalue weighted by Crippen LogP contribution is -2.39. The third-order valence-corrected chi connectivity index (χ3v) is 8.41. The van der Waals surface area contributed by atoms with Gasteiger partial charge in [0.25, 0.3) is 5.56 Å². The van der Waals surface area contributed by atoms with E-state index in [1.54, 1.807) is 81.6 Å². The second kappa shape index (κ2) is 12.8. The van der Waals surface area contributed by atoms with Gasteiger partial charge in [0.1, 0.15) is 6.61 Å². The smallest absolute Gasteiger partial charge is 0.338 e. The molecule has 1 aromatic heterocycles. The van der Waals surface area contributed by atoms with E-state index in [9.17, 15) is 9.59 Å². The topological polar surface area (TPSA) is 79.1 Å². The predicted octanol–water partition coefficient (Wildman–Crippen LogP) is 6.35. The number of benzene rings is 3. The maximum Gasteiger partial charge on any atom is 0.338 e. The zero-order chi connectivity index (χ0) is 30.0. The highest BCUT2D eigenvalue weighted by Gasteiger charge is 2.33. The monoisotopic (exact) mass is 642 g/mol. The Morgan fingerprint density at radius 1 is 1.02 bits per heavy atom. The van der Waals surface area contributed by atoms with Crippen molar-refractivity contribution in [3.05, 3.63) is 123 Å². The molecule has 0 fully saturated rings. The van der Waals surface area contributed by atoms with E-state index in [-0.39, 0.29) is 18.8 Å². The number of methoxy groups -OCH3 is 1. The molecule has 0 radical (unpaired) electrons. The van der Waals surface area contributed by atoms with E-state index in [0.717, 1.165) is 11.1 Å². The molecule has 4 aromatic rings. The molecule has 0 spiro atoms. The molecule has 1 aliphatic rings. The molecule has 0 aliphatic carbocycles. The molecule has 0 N–H and O–H groups in total. The lowest BCUT2D eigenvalue weighted by Gasteiger charge is -2.24. The standard InChI is InChI=1S/C31H25Cl3N2O5S/c1-4-40-30(38)27-17(2)35-31-36(28(27)19-6-9-21(32)10-7-19)29(37)26(42-31)14-18-5-12-24(25(13-18)39-3)41-16-20-8-11-22(33)15-23(20)34/h5-15,28H,4,16H2,1-3H3/b26-14-/t28-/m0/s1. The van der Waals surface area contributed by atoms with Crippen LogP contribution in [0.3, 0.4) is 0 Å². The summed E-state index contributed by atoms with van der Waals surface area (Å²) in [6, 6.07) is 16.9. The maximum absolute atomic E-state index is 13.8. The molecule has 3 aromatic carbocycles. The van der Waals surface area contributed by atoms with Gasteiger partial charge >= 0.3 is 5.97 Å². The Labute approximate surface area is 260 Å². The molecule has 5 rings (SSSR count). The summed E-state index contributed by atoms with van der Waals surface area (Å²) in [5, 5.41) is 1.59. The molecular weight excluding hydrogens is 619 g/mol. The van der Waals surface area contributed by atoms with E-state index in [4.69, 9.17) is 49.0 Å². The Kier molecular flexibility index (Phi) is 9.08. The first kappa shape index (κ1) is 29.9. The van der Waals surface area contributed by atoms with Crippen molar-refractivity contribution in [3.8, 4) is 11.5 Å². The van der Waals surface area contributed by atoms with Crippen LogP contribution in [-0.4, -0.2) is 24.3 Å². The van der Waals surface area contributed by atoms with Crippen molar-refractivity contribution in [3.63, 3.8) is 0 Å². The van der Waals surface area contributed by atoms with Gasteiger partial charge in [-0.25, -0.2) is 9.79 Å². The van der Waals surface area contributed by atoms with Gasteiger partial charge in [0.15, 0.2) is 16.3 Å². The van der Waals surface area contributed by atoms with Gasteiger partial charge in [-0.3, -0.25) is 9.36 Å². The van der Waals surface area contributed by atoms with Crippen LogP contribution in [0.2, 0.25) is 15.1 Å². The summed E-state index contributed by atoms with van der Waals surface area (Å²) in [5.74, 6) is 0.480. The highest BCUT2D eigenvalue weighted by molar-refractivity contribution is 7.07. The molecule has 0 saturated carbocycles. The van der Waals surface area contributed by atoms with Gasteiger partial charge in [0.2, 0.25) is 0 Å². The molecule has 216 valence electrons. The number of carbonyl (C=O) groups is 1. The minimum absolute atomic E-state index is 0.196. The third-order valence-electron chi connectivity index (χ3n) is 6.59. The van der Waals surface area contributed by atoms with Crippen LogP contribution in [0.25, 0.3) is 6.08 Å². The number of halogens is 3. The van der Waals surface area contributed by atoms with Crippen molar-refractivity contribution < 1.29 is 19.0 Å². The highest BCUT2D eigenvalue weighted by Crippen LogP contribution is 2.32. The fourth-order valence-corrected chi connectivity index (χ4v) is 6.23. The highest BCUT2D eigenvalue weighted by atomic mass is 35.5. The van der Waals surface area contributed by atoms with Crippen LogP contribution in [0, 0.1) is 0 Å². The summed E-state index contributed by atoms with van der Waals surface area (Å²) >= 11 is 19.6. The largest absolute Gasteiger partial charge is 0.493 e. The van der Waals surface area contributed by atoms with Crippen molar-refractivity contribution in [2.75, 3.05) is 13.7 Å². The molecule has 0 unspecified atom stereocenters. The zero-order valence-corrected chi connectivity index (χ0v) is 25.9. The number of nitrogens with zero attached hydrogens (tertiary/aromatic N) is 2. The minimum atomic E-state index is -0.718. The van der Waals surface area contributed by atoms with E-state index >= 15 is 0 Å². The van der Waals surface area contributed by atoms with Crippen molar-refractivity contribution in [2.45, 2.75) is 26.5 Å². The van der Waals surface area contributed by atoms with Crippen LogP contribution in [0.4, 0.5) is 0 Å². The fourth-order valence-electron chi connectivity index (χ4n) is 4.59. The molecule has 0 saturated heterocycles. The van der Waals surface area contributed by atoms with Crippen LogP contribution < -0.4 is 24.4 Å². The Hall–Kier alpha value is -3.56. The van der Waals surface area contributed by atoms with Gasteiger partial charge < -0.3 is 14.2 Å². The quantitative estimate of drug-likeness (QED) is 0.209. The summed E-state index contributed by atoms with van der Waals surface area (Å²) < 4.78 is 18.8. The van der Waals surface area contributed by atoms with Gasteiger partial charge in [0, 0.05) is 20.6 Å². The molecule has 0 amide bonds. The van der Waals surface area contributed by atoms with E-state index in [0.29, 0.717) is 52.7 Å².